The summed E-state index contributed by atoms with van der Waals surface area (Å²) in [5.74, 6) is 0.321. The van der Waals surface area contributed by atoms with Gasteiger partial charge in [-0.25, -0.2) is 8.42 Å². The number of nitrogens with one attached hydrogen (secondary N) is 1. The van der Waals surface area contributed by atoms with Crippen LogP contribution in [0, 0.1) is 0 Å². The maximum atomic E-state index is 12.9. The van der Waals surface area contributed by atoms with Gasteiger partial charge in [0.1, 0.15) is 11.5 Å². The number of rotatable bonds is 10. The van der Waals surface area contributed by atoms with Crippen LogP contribution < -0.4 is 10.1 Å². The average molecular weight is 516 g/mol. The SMILES string of the molecule is CCNC(=O)c1nnc(-c2cc(C(C)C)c(OC)cc2O)n1-c1ccc(S(=O)(=O)N(CC)CC)cc1. The van der Waals surface area contributed by atoms with Gasteiger partial charge in [-0.15, -0.1) is 10.2 Å². The highest BCUT2D eigenvalue weighted by Gasteiger charge is 2.26. The lowest BCUT2D eigenvalue weighted by Gasteiger charge is -2.19. The Morgan fingerprint density at radius 1 is 1.11 bits per heavy atom. The molecule has 0 radical (unpaired) electrons. The van der Waals surface area contributed by atoms with Gasteiger partial charge in [0.25, 0.3) is 5.91 Å². The third-order valence-corrected chi connectivity index (χ3v) is 7.92. The van der Waals surface area contributed by atoms with Crippen LogP contribution in [-0.4, -0.2) is 65.2 Å². The van der Waals surface area contributed by atoms with E-state index in [0.717, 1.165) is 5.56 Å². The van der Waals surface area contributed by atoms with Crippen LogP contribution in [-0.2, 0) is 10.0 Å². The number of carbonyl (C=O) groups is 1. The first-order valence-corrected chi connectivity index (χ1v) is 13.3. The van der Waals surface area contributed by atoms with Gasteiger partial charge in [-0.1, -0.05) is 27.7 Å². The first kappa shape index (κ1) is 27.2. The summed E-state index contributed by atoms with van der Waals surface area (Å²) in [5, 5.41) is 21.9. The van der Waals surface area contributed by atoms with Crippen molar-refractivity contribution in [1.29, 1.82) is 0 Å². The lowest BCUT2D eigenvalue weighted by Crippen LogP contribution is -2.30. The van der Waals surface area contributed by atoms with Crippen molar-refractivity contribution in [3.63, 3.8) is 0 Å². The number of aromatic hydroxyl groups is 1. The highest BCUT2D eigenvalue weighted by atomic mass is 32.2. The Kier molecular flexibility index (Phi) is 8.36. The van der Waals surface area contributed by atoms with Crippen LogP contribution in [0.1, 0.15) is 56.7 Å². The Morgan fingerprint density at radius 3 is 2.28 bits per heavy atom. The molecule has 0 aliphatic heterocycles. The van der Waals surface area contributed by atoms with Crippen LogP contribution in [0.25, 0.3) is 17.1 Å². The van der Waals surface area contributed by atoms with Gasteiger partial charge in [-0.2, -0.15) is 4.31 Å². The van der Waals surface area contributed by atoms with Gasteiger partial charge in [-0.3, -0.25) is 9.36 Å². The Bertz CT molecular complexity index is 1330. The number of hydrogen-bond acceptors (Lipinski definition) is 7. The van der Waals surface area contributed by atoms with E-state index < -0.39 is 15.9 Å². The third kappa shape index (κ3) is 5.07. The van der Waals surface area contributed by atoms with E-state index in [0.29, 0.717) is 36.6 Å². The summed E-state index contributed by atoms with van der Waals surface area (Å²) in [6.45, 7) is 10.4. The van der Waals surface area contributed by atoms with Crippen LogP contribution in [0.15, 0.2) is 41.3 Å². The summed E-state index contributed by atoms with van der Waals surface area (Å²) in [6.07, 6.45) is 0. The first-order chi connectivity index (χ1) is 17.1. The van der Waals surface area contributed by atoms with Crippen molar-refractivity contribution in [3.8, 4) is 28.6 Å². The molecule has 10 nitrogen and oxygen atoms in total. The molecule has 0 spiro atoms. The average Bonchev–Trinajstić information content (AvgIpc) is 3.29. The number of benzene rings is 2. The molecular formula is C25H33N5O5S. The van der Waals surface area contributed by atoms with Crippen molar-refractivity contribution in [2.24, 2.45) is 0 Å². The van der Waals surface area contributed by atoms with Gasteiger partial charge >= 0.3 is 0 Å². The van der Waals surface area contributed by atoms with Crippen molar-refractivity contribution < 1.29 is 23.1 Å². The summed E-state index contributed by atoms with van der Waals surface area (Å²) in [4.78, 5) is 13.0. The van der Waals surface area contributed by atoms with Gasteiger partial charge in [0, 0.05) is 31.4 Å². The minimum Gasteiger partial charge on any atom is -0.507 e. The van der Waals surface area contributed by atoms with E-state index in [1.54, 1.807) is 39.0 Å². The normalized spacial score (nSPS) is 11.8. The second-order valence-electron chi connectivity index (χ2n) is 8.39. The molecule has 0 bridgehead atoms. The van der Waals surface area contributed by atoms with E-state index in [1.807, 2.05) is 13.8 Å². The van der Waals surface area contributed by atoms with E-state index in [1.165, 1.54) is 34.2 Å². The van der Waals surface area contributed by atoms with E-state index in [2.05, 4.69) is 15.5 Å². The molecule has 1 aromatic heterocycles. The van der Waals surface area contributed by atoms with Crippen LogP contribution >= 0.6 is 0 Å². The molecule has 3 rings (SSSR count). The predicted octanol–water partition coefficient (Wildman–Crippen LogP) is 3.55. The molecular weight excluding hydrogens is 482 g/mol. The largest absolute Gasteiger partial charge is 0.507 e. The van der Waals surface area contributed by atoms with Gasteiger partial charge in [0.15, 0.2) is 5.82 Å². The van der Waals surface area contributed by atoms with Crippen molar-refractivity contribution in [3.05, 3.63) is 47.8 Å². The second-order valence-corrected chi connectivity index (χ2v) is 10.3. The molecule has 0 aliphatic carbocycles. The van der Waals surface area contributed by atoms with Crippen molar-refractivity contribution in [1.82, 2.24) is 24.4 Å². The van der Waals surface area contributed by atoms with E-state index >= 15 is 0 Å². The van der Waals surface area contributed by atoms with Crippen LogP contribution in [0.4, 0.5) is 0 Å². The maximum absolute atomic E-state index is 12.9. The maximum Gasteiger partial charge on any atom is 0.289 e. The molecule has 0 fully saturated rings. The number of sulfonamides is 1. The molecule has 3 aromatic rings. The standard InChI is InChI=1S/C25H33N5O5S/c1-7-26-25(32)24-28-27-23(20-14-19(16(4)5)22(35-6)15-21(20)31)30(24)17-10-12-18(13-11-17)36(33,34)29(8-2)9-3/h10-16,31H,7-9H2,1-6H3,(H,26,32). The molecule has 0 saturated carbocycles. The monoisotopic (exact) mass is 515 g/mol. The van der Waals surface area contributed by atoms with E-state index in [9.17, 15) is 18.3 Å². The summed E-state index contributed by atoms with van der Waals surface area (Å²) >= 11 is 0. The molecule has 2 N–H and O–H groups in total. The van der Waals surface area contributed by atoms with Crippen LogP contribution in [0.3, 0.4) is 0 Å². The Labute approximate surface area is 212 Å². The molecule has 2 aromatic carbocycles. The topological polar surface area (TPSA) is 127 Å². The lowest BCUT2D eigenvalue weighted by atomic mass is 9.98. The summed E-state index contributed by atoms with van der Waals surface area (Å²) in [6, 6.07) is 9.43. The second kappa shape index (κ2) is 11.1. The number of phenols is 1. The highest BCUT2D eigenvalue weighted by molar-refractivity contribution is 7.89. The zero-order valence-corrected chi connectivity index (χ0v) is 22.3. The summed E-state index contributed by atoms with van der Waals surface area (Å²) in [7, 11) is -2.12. The van der Waals surface area contributed by atoms with E-state index in [4.69, 9.17) is 4.74 Å². The minimum absolute atomic E-state index is 0.00696. The summed E-state index contributed by atoms with van der Waals surface area (Å²) in [5.41, 5.74) is 1.68. The Morgan fingerprint density at radius 2 is 1.75 bits per heavy atom. The molecule has 0 unspecified atom stereocenters. The zero-order chi connectivity index (χ0) is 26.6. The van der Waals surface area contributed by atoms with E-state index in [-0.39, 0.29) is 28.2 Å². The Balaban J connectivity index is 2.22. The zero-order valence-electron chi connectivity index (χ0n) is 21.4. The van der Waals surface area contributed by atoms with Gasteiger partial charge in [0.05, 0.1) is 17.6 Å². The highest BCUT2D eigenvalue weighted by Crippen LogP contribution is 2.38. The number of nitrogens with zero attached hydrogens (tertiary/aromatic N) is 4. The van der Waals surface area contributed by atoms with Gasteiger partial charge < -0.3 is 15.2 Å². The Hall–Kier alpha value is -3.44. The lowest BCUT2D eigenvalue weighted by molar-refractivity contribution is 0.0943. The fourth-order valence-corrected chi connectivity index (χ4v) is 5.42. The minimum atomic E-state index is -3.65. The van der Waals surface area contributed by atoms with Crippen LogP contribution in [0.5, 0.6) is 11.5 Å². The number of ether oxygens (including phenoxy) is 1. The smallest absolute Gasteiger partial charge is 0.289 e. The third-order valence-electron chi connectivity index (χ3n) is 5.85. The number of phenolic OH excluding ortho intramolecular Hbond substituents is 1. The predicted molar refractivity (Wildman–Crippen MR) is 137 cm³/mol. The fourth-order valence-electron chi connectivity index (χ4n) is 3.96. The molecule has 1 amide bonds. The molecule has 194 valence electrons. The fraction of sp³-hybridized carbons (Fsp3) is 0.400. The molecule has 36 heavy (non-hydrogen) atoms. The molecule has 0 atom stereocenters. The van der Waals surface area contributed by atoms with Crippen molar-refractivity contribution in [2.45, 2.75) is 45.4 Å². The quantitative estimate of drug-likeness (QED) is 0.423. The number of amides is 1. The van der Waals surface area contributed by atoms with Crippen molar-refractivity contribution in [2.75, 3.05) is 26.7 Å². The molecule has 0 saturated heterocycles. The van der Waals surface area contributed by atoms with Gasteiger partial charge in [-0.05, 0) is 48.7 Å². The van der Waals surface area contributed by atoms with Gasteiger partial charge in [0.2, 0.25) is 15.8 Å². The summed E-state index contributed by atoms with van der Waals surface area (Å²) < 4.78 is 34.2. The molecule has 0 aliphatic rings. The molecule has 11 heteroatoms. The number of methoxy groups -OCH3 is 1. The number of hydrogen-bond donors (Lipinski definition) is 2. The number of carbonyl (C=O) groups excluding carboxylic acids is 1. The van der Waals surface area contributed by atoms with Crippen LogP contribution in [0.2, 0.25) is 0 Å². The van der Waals surface area contributed by atoms with Crippen molar-refractivity contribution >= 4 is 15.9 Å². The first-order valence-electron chi connectivity index (χ1n) is 11.9. The molecule has 1 heterocycles. The number of aromatic nitrogens is 3.